The number of anilines is 3. The van der Waals surface area contributed by atoms with E-state index in [1.165, 1.54) is 6.92 Å². The first-order valence-corrected chi connectivity index (χ1v) is 8.11. The molecule has 6 nitrogen and oxygen atoms in total. The molecule has 2 aromatic rings. The number of benzene rings is 2. The maximum Gasteiger partial charge on any atom is 0.255 e. The number of carbonyl (C=O) groups excluding carboxylic acids is 3. The topological polar surface area (TPSA) is 87.3 Å². The Balaban J connectivity index is 1.68. The van der Waals surface area contributed by atoms with E-state index < -0.39 is 0 Å². The molecule has 0 radical (unpaired) electrons. The Morgan fingerprint density at radius 2 is 1.44 bits per heavy atom. The van der Waals surface area contributed by atoms with Gasteiger partial charge in [0.05, 0.1) is 0 Å². The molecule has 1 aliphatic rings. The second-order valence-electron chi connectivity index (χ2n) is 6.06. The molecule has 0 spiro atoms. The first-order chi connectivity index (χ1) is 12.0. The van der Waals surface area contributed by atoms with E-state index in [1.54, 1.807) is 48.5 Å². The van der Waals surface area contributed by atoms with Crippen molar-refractivity contribution in [3.05, 3.63) is 54.1 Å². The van der Waals surface area contributed by atoms with Gasteiger partial charge in [0.25, 0.3) is 5.91 Å². The lowest BCUT2D eigenvalue weighted by molar-refractivity contribution is -0.117. The summed E-state index contributed by atoms with van der Waals surface area (Å²) in [5, 5.41) is 8.29. The summed E-state index contributed by atoms with van der Waals surface area (Å²) in [4.78, 5) is 35.3. The minimum absolute atomic E-state index is 0.0199. The van der Waals surface area contributed by atoms with Gasteiger partial charge in [-0.25, -0.2) is 0 Å². The van der Waals surface area contributed by atoms with Crippen molar-refractivity contribution < 1.29 is 14.4 Å². The highest BCUT2D eigenvalue weighted by atomic mass is 16.2. The summed E-state index contributed by atoms with van der Waals surface area (Å²) < 4.78 is 0. The zero-order valence-electron chi connectivity index (χ0n) is 13.8. The molecule has 1 fully saturated rings. The normalized spacial score (nSPS) is 13.0. The Morgan fingerprint density at radius 3 is 2.08 bits per heavy atom. The smallest absolute Gasteiger partial charge is 0.255 e. The van der Waals surface area contributed by atoms with E-state index in [9.17, 15) is 14.4 Å². The Labute approximate surface area is 145 Å². The van der Waals surface area contributed by atoms with Gasteiger partial charge in [0.2, 0.25) is 11.8 Å². The Hall–Kier alpha value is -3.15. The summed E-state index contributed by atoms with van der Waals surface area (Å²) in [7, 11) is 0. The highest BCUT2D eigenvalue weighted by molar-refractivity contribution is 6.05. The molecule has 0 aliphatic heterocycles. The predicted octanol–water partition coefficient (Wildman–Crippen LogP) is 3.25. The van der Waals surface area contributed by atoms with Gasteiger partial charge in [0.1, 0.15) is 0 Å². The Morgan fingerprint density at radius 1 is 0.840 bits per heavy atom. The molecule has 6 heteroatoms. The molecule has 0 heterocycles. The third kappa shape index (κ3) is 4.67. The molecule has 1 saturated carbocycles. The fourth-order valence-corrected chi connectivity index (χ4v) is 2.41. The Bertz CT molecular complexity index is 828. The summed E-state index contributed by atoms with van der Waals surface area (Å²) in [6.45, 7) is 1.41. The molecule has 1 aliphatic carbocycles. The lowest BCUT2D eigenvalue weighted by atomic mass is 10.1. The Kier molecular flexibility index (Phi) is 4.79. The van der Waals surface area contributed by atoms with Crippen LogP contribution in [-0.2, 0) is 9.59 Å². The maximum absolute atomic E-state index is 12.4. The highest BCUT2D eigenvalue weighted by Crippen LogP contribution is 2.30. The van der Waals surface area contributed by atoms with Crippen molar-refractivity contribution in [1.29, 1.82) is 0 Å². The summed E-state index contributed by atoms with van der Waals surface area (Å²) in [5.41, 5.74) is 2.23. The van der Waals surface area contributed by atoms with Crippen molar-refractivity contribution in [2.75, 3.05) is 16.0 Å². The quantitative estimate of drug-likeness (QED) is 0.782. The summed E-state index contributed by atoms with van der Waals surface area (Å²) in [6.07, 6.45) is 1.87. The molecule has 2 aromatic carbocycles. The van der Waals surface area contributed by atoms with Gasteiger partial charge < -0.3 is 16.0 Å². The first kappa shape index (κ1) is 16.7. The molecule has 3 N–H and O–H groups in total. The van der Waals surface area contributed by atoms with Crippen LogP contribution in [0.5, 0.6) is 0 Å². The van der Waals surface area contributed by atoms with Crippen LogP contribution in [0.1, 0.15) is 30.1 Å². The fourth-order valence-electron chi connectivity index (χ4n) is 2.41. The molecular formula is C19H19N3O3. The van der Waals surface area contributed by atoms with Crippen molar-refractivity contribution >= 4 is 34.8 Å². The van der Waals surface area contributed by atoms with Crippen LogP contribution in [0, 0.1) is 5.92 Å². The van der Waals surface area contributed by atoms with E-state index in [0.29, 0.717) is 22.6 Å². The van der Waals surface area contributed by atoms with Gasteiger partial charge in [-0.15, -0.1) is 0 Å². The van der Waals surface area contributed by atoms with E-state index in [-0.39, 0.29) is 23.6 Å². The van der Waals surface area contributed by atoms with Gasteiger partial charge in [0, 0.05) is 35.5 Å². The number of rotatable bonds is 5. The summed E-state index contributed by atoms with van der Waals surface area (Å²) in [6, 6.07) is 13.7. The number of nitrogens with one attached hydrogen (secondary N) is 3. The second kappa shape index (κ2) is 7.17. The lowest BCUT2D eigenvalue weighted by Crippen LogP contribution is -2.15. The van der Waals surface area contributed by atoms with Crippen LogP contribution in [0.3, 0.4) is 0 Å². The summed E-state index contributed by atoms with van der Waals surface area (Å²) in [5.74, 6) is -0.351. The van der Waals surface area contributed by atoms with Crippen LogP contribution in [0.15, 0.2) is 48.5 Å². The molecular weight excluding hydrogens is 318 g/mol. The zero-order valence-corrected chi connectivity index (χ0v) is 13.8. The molecule has 0 atom stereocenters. The van der Waals surface area contributed by atoms with E-state index in [0.717, 1.165) is 12.8 Å². The van der Waals surface area contributed by atoms with Crippen LogP contribution in [-0.4, -0.2) is 17.7 Å². The third-order valence-electron chi connectivity index (χ3n) is 3.78. The van der Waals surface area contributed by atoms with E-state index in [4.69, 9.17) is 0 Å². The monoisotopic (exact) mass is 337 g/mol. The minimum atomic E-state index is -0.294. The van der Waals surface area contributed by atoms with Crippen LogP contribution >= 0.6 is 0 Å². The van der Waals surface area contributed by atoms with Gasteiger partial charge in [-0.05, 0) is 49.2 Å². The fraction of sp³-hybridized carbons (Fsp3) is 0.211. The van der Waals surface area contributed by atoms with Gasteiger partial charge >= 0.3 is 0 Å². The first-order valence-electron chi connectivity index (χ1n) is 8.11. The molecule has 3 amide bonds. The minimum Gasteiger partial charge on any atom is -0.326 e. The van der Waals surface area contributed by atoms with Gasteiger partial charge in [-0.3, -0.25) is 14.4 Å². The number of amides is 3. The van der Waals surface area contributed by atoms with Gasteiger partial charge in [0.15, 0.2) is 0 Å². The molecule has 3 rings (SSSR count). The SMILES string of the molecule is CC(=O)Nc1cccc(C(=O)Nc2cccc(NC(=O)C3CC3)c2)c1. The largest absolute Gasteiger partial charge is 0.326 e. The van der Waals surface area contributed by atoms with Crippen LogP contribution in [0.4, 0.5) is 17.1 Å². The molecule has 128 valence electrons. The number of carbonyl (C=O) groups is 3. The molecule has 25 heavy (non-hydrogen) atoms. The van der Waals surface area contributed by atoms with E-state index in [2.05, 4.69) is 16.0 Å². The summed E-state index contributed by atoms with van der Waals surface area (Å²) >= 11 is 0. The van der Waals surface area contributed by atoms with Gasteiger partial charge in [-0.2, -0.15) is 0 Å². The third-order valence-corrected chi connectivity index (χ3v) is 3.78. The zero-order chi connectivity index (χ0) is 17.8. The average molecular weight is 337 g/mol. The van der Waals surface area contributed by atoms with E-state index in [1.807, 2.05) is 0 Å². The van der Waals surface area contributed by atoms with Crippen molar-refractivity contribution in [2.24, 2.45) is 5.92 Å². The molecule has 0 unspecified atom stereocenters. The van der Waals surface area contributed by atoms with Crippen molar-refractivity contribution in [3.8, 4) is 0 Å². The molecule has 0 saturated heterocycles. The maximum atomic E-state index is 12.4. The van der Waals surface area contributed by atoms with Gasteiger partial charge in [-0.1, -0.05) is 12.1 Å². The highest BCUT2D eigenvalue weighted by Gasteiger charge is 2.29. The van der Waals surface area contributed by atoms with Crippen molar-refractivity contribution in [3.63, 3.8) is 0 Å². The number of hydrogen-bond donors (Lipinski definition) is 3. The van der Waals surface area contributed by atoms with Crippen molar-refractivity contribution in [1.82, 2.24) is 0 Å². The van der Waals surface area contributed by atoms with Crippen LogP contribution in [0.25, 0.3) is 0 Å². The van der Waals surface area contributed by atoms with E-state index >= 15 is 0 Å². The molecule has 0 aromatic heterocycles. The lowest BCUT2D eigenvalue weighted by Gasteiger charge is -2.09. The average Bonchev–Trinajstić information content (AvgIpc) is 3.40. The van der Waals surface area contributed by atoms with Crippen LogP contribution in [0.2, 0.25) is 0 Å². The standard InChI is InChI=1S/C19H19N3O3/c1-12(23)20-15-5-2-4-14(10-15)19(25)22-17-7-3-6-16(11-17)21-18(24)13-8-9-13/h2-7,10-11,13H,8-9H2,1H3,(H,20,23)(H,21,24)(H,22,25). The molecule has 0 bridgehead atoms. The second-order valence-corrected chi connectivity index (χ2v) is 6.06. The van der Waals surface area contributed by atoms with Crippen molar-refractivity contribution in [2.45, 2.75) is 19.8 Å². The predicted molar refractivity (Wildman–Crippen MR) is 96.5 cm³/mol. The van der Waals surface area contributed by atoms with Crippen LogP contribution < -0.4 is 16.0 Å². The number of hydrogen-bond acceptors (Lipinski definition) is 3.